The van der Waals surface area contributed by atoms with Gasteiger partial charge in [0.25, 0.3) is 0 Å². The number of amidine groups is 1. The average Bonchev–Trinajstić information content (AvgIpc) is 1.89. The Balaban J connectivity index is 3.68. The van der Waals surface area contributed by atoms with Crippen molar-refractivity contribution in [1.29, 1.82) is 0 Å². The molecule has 0 saturated heterocycles. The van der Waals surface area contributed by atoms with Gasteiger partial charge < -0.3 is 5.73 Å². The first-order valence-corrected chi connectivity index (χ1v) is 2.39. The molecule has 50 valence electrons. The van der Waals surface area contributed by atoms with Gasteiger partial charge in [-0.3, -0.25) is 0 Å². The van der Waals surface area contributed by atoms with Crippen LogP contribution >= 0.6 is 0 Å². The van der Waals surface area contributed by atoms with Crippen LogP contribution < -0.4 is 11.2 Å². The molecule has 0 aromatic carbocycles. The SMILES string of the molecule is C=CC(N)=NC=C[NH2+]O. The number of hydroxylamine groups is 1. The molecular formula is C5H10N3O+. The van der Waals surface area contributed by atoms with Crippen LogP contribution in [0.3, 0.4) is 0 Å². The topological polar surface area (TPSA) is 75.2 Å². The third-order valence-corrected chi connectivity index (χ3v) is 0.605. The monoisotopic (exact) mass is 128 g/mol. The summed E-state index contributed by atoms with van der Waals surface area (Å²) >= 11 is 0. The molecule has 0 aromatic heterocycles. The molecule has 4 heteroatoms. The maximum absolute atomic E-state index is 8.10. The predicted octanol–water partition coefficient (Wildman–Crippen LogP) is -1.05. The molecule has 0 bridgehead atoms. The molecule has 0 saturated carbocycles. The quantitative estimate of drug-likeness (QED) is 0.258. The summed E-state index contributed by atoms with van der Waals surface area (Å²) in [5.41, 5.74) is 6.07. The van der Waals surface area contributed by atoms with Crippen molar-refractivity contribution in [3.8, 4) is 0 Å². The minimum absolute atomic E-state index is 0.327. The van der Waals surface area contributed by atoms with Crippen molar-refractivity contribution >= 4 is 5.84 Å². The van der Waals surface area contributed by atoms with Crippen molar-refractivity contribution in [3.05, 3.63) is 25.1 Å². The fraction of sp³-hybridized carbons (Fsp3) is 0. The number of rotatable bonds is 3. The molecule has 0 aromatic rings. The zero-order valence-electron chi connectivity index (χ0n) is 4.99. The van der Waals surface area contributed by atoms with Gasteiger partial charge in [0.2, 0.25) is 0 Å². The van der Waals surface area contributed by atoms with Gasteiger partial charge in [-0.1, -0.05) is 6.58 Å². The molecule has 0 rings (SSSR count). The van der Waals surface area contributed by atoms with Crippen molar-refractivity contribution in [1.82, 2.24) is 0 Å². The van der Waals surface area contributed by atoms with E-state index in [1.807, 2.05) is 0 Å². The average molecular weight is 128 g/mol. The van der Waals surface area contributed by atoms with E-state index >= 15 is 0 Å². The van der Waals surface area contributed by atoms with Crippen LogP contribution in [-0.4, -0.2) is 11.0 Å². The van der Waals surface area contributed by atoms with Crippen molar-refractivity contribution in [2.75, 3.05) is 0 Å². The second kappa shape index (κ2) is 5.02. The standard InChI is InChI=1S/C5H9N3O/c1-2-5(6)7-3-4-8-9/h2-4,8-9H,1H2,(H2,6,7)/p+1. The Bertz CT molecular complexity index is 139. The van der Waals surface area contributed by atoms with Gasteiger partial charge in [0, 0.05) is 0 Å². The number of hydrogen-bond donors (Lipinski definition) is 3. The lowest BCUT2D eigenvalue weighted by Gasteiger charge is -1.82. The Hall–Kier alpha value is -1.13. The van der Waals surface area contributed by atoms with Gasteiger partial charge in [-0.05, 0) is 6.08 Å². The van der Waals surface area contributed by atoms with Crippen LogP contribution in [0.25, 0.3) is 0 Å². The van der Waals surface area contributed by atoms with E-state index in [-0.39, 0.29) is 0 Å². The number of nitrogens with zero attached hydrogens (tertiary/aromatic N) is 1. The molecule has 0 spiro atoms. The van der Waals surface area contributed by atoms with Gasteiger partial charge in [-0.25, -0.2) is 10.2 Å². The summed E-state index contributed by atoms with van der Waals surface area (Å²) in [6.45, 7) is 3.38. The Labute approximate surface area is 53.4 Å². The zero-order chi connectivity index (χ0) is 7.11. The number of quaternary nitrogens is 1. The van der Waals surface area contributed by atoms with Crippen LogP contribution in [0.15, 0.2) is 30.0 Å². The second-order valence-corrected chi connectivity index (χ2v) is 1.25. The molecule has 0 radical (unpaired) electrons. The van der Waals surface area contributed by atoms with Crippen LogP contribution in [-0.2, 0) is 0 Å². The largest absolute Gasteiger partial charge is 0.384 e. The van der Waals surface area contributed by atoms with E-state index in [1.54, 1.807) is 0 Å². The van der Waals surface area contributed by atoms with Crippen LogP contribution in [0.1, 0.15) is 0 Å². The Morgan fingerprint density at radius 2 is 2.44 bits per heavy atom. The molecule has 0 heterocycles. The maximum Gasteiger partial charge on any atom is 0.143 e. The lowest BCUT2D eigenvalue weighted by Crippen LogP contribution is -2.73. The maximum atomic E-state index is 8.10. The first-order valence-electron chi connectivity index (χ1n) is 2.39. The van der Waals surface area contributed by atoms with Crippen molar-refractivity contribution in [3.63, 3.8) is 0 Å². The first kappa shape index (κ1) is 7.87. The van der Waals surface area contributed by atoms with Crippen LogP contribution in [0.2, 0.25) is 0 Å². The molecule has 0 aliphatic heterocycles. The highest BCUT2D eigenvalue weighted by atomic mass is 16.5. The third-order valence-electron chi connectivity index (χ3n) is 0.605. The van der Waals surface area contributed by atoms with Crippen molar-refractivity contribution in [2.45, 2.75) is 0 Å². The Morgan fingerprint density at radius 3 is 2.89 bits per heavy atom. The molecule has 9 heavy (non-hydrogen) atoms. The summed E-state index contributed by atoms with van der Waals surface area (Å²) in [6, 6.07) is 0. The van der Waals surface area contributed by atoms with Crippen LogP contribution in [0, 0.1) is 0 Å². The van der Waals surface area contributed by atoms with Gasteiger partial charge >= 0.3 is 0 Å². The van der Waals surface area contributed by atoms with E-state index in [0.29, 0.717) is 5.84 Å². The van der Waals surface area contributed by atoms with Gasteiger partial charge in [0.15, 0.2) is 0 Å². The van der Waals surface area contributed by atoms with E-state index < -0.39 is 0 Å². The Kier molecular flexibility index (Phi) is 4.39. The minimum Gasteiger partial charge on any atom is -0.384 e. The lowest BCUT2D eigenvalue weighted by molar-refractivity contribution is -0.838. The molecule has 0 aliphatic carbocycles. The molecule has 0 unspecified atom stereocenters. The smallest absolute Gasteiger partial charge is 0.143 e. The minimum atomic E-state index is 0.327. The van der Waals surface area contributed by atoms with E-state index in [0.717, 1.165) is 5.48 Å². The van der Waals surface area contributed by atoms with Crippen LogP contribution in [0.4, 0.5) is 0 Å². The summed E-state index contributed by atoms with van der Waals surface area (Å²) in [5.74, 6) is 0.327. The normalized spacial score (nSPS) is 12.3. The van der Waals surface area contributed by atoms with E-state index in [2.05, 4.69) is 11.6 Å². The first-order chi connectivity index (χ1) is 4.31. The van der Waals surface area contributed by atoms with Gasteiger partial charge in [-0.2, -0.15) is 5.48 Å². The fourth-order valence-corrected chi connectivity index (χ4v) is 0.220. The molecular weight excluding hydrogens is 118 g/mol. The molecule has 0 amide bonds. The summed E-state index contributed by atoms with van der Waals surface area (Å²) in [7, 11) is 0. The summed E-state index contributed by atoms with van der Waals surface area (Å²) in [6.07, 6.45) is 4.15. The molecule has 0 fully saturated rings. The second-order valence-electron chi connectivity index (χ2n) is 1.25. The molecule has 0 atom stereocenters. The summed E-state index contributed by atoms with van der Waals surface area (Å²) < 4.78 is 0. The lowest BCUT2D eigenvalue weighted by atomic mass is 10.6. The van der Waals surface area contributed by atoms with E-state index in [4.69, 9.17) is 10.9 Å². The number of hydrogen-bond acceptors (Lipinski definition) is 2. The van der Waals surface area contributed by atoms with E-state index in [9.17, 15) is 0 Å². The number of aliphatic imine (C=N–C) groups is 1. The van der Waals surface area contributed by atoms with Crippen molar-refractivity contribution < 1.29 is 10.7 Å². The van der Waals surface area contributed by atoms with E-state index in [1.165, 1.54) is 18.5 Å². The molecule has 5 N–H and O–H groups in total. The summed E-state index contributed by atoms with van der Waals surface area (Å²) in [4.78, 5) is 3.64. The molecule has 0 aliphatic rings. The predicted molar refractivity (Wildman–Crippen MR) is 34.7 cm³/mol. The van der Waals surface area contributed by atoms with Gasteiger partial charge in [-0.15, -0.1) is 0 Å². The van der Waals surface area contributed by atoms with Crippen molar-refractivity contribution in [2.24, 2.45) is 10.7 Å². The summed E-state index contributed by atoms with van der Waals surface area (Å²) in [5, 5.41) is 8.10. The molecule has 4 nitrogen and oxygen atoms in total. The third kappa shape index (κ3) is 4.73. The number of nitrogens with two attached hydrogens (primary N) is 2. The highest BCUT2D eigenvalue weighted by molar-refractivity contribution is 5.91. The highest BCUT2D eigenvalue weighted by Gasteiger charge is 1.74. The fourth-order valence-electron chi connectivity index (χ4n) is 0.220. The van der Waals surface area contributed by atoms with Gasteiger partial charge in [0.05, 0.1) is 6.20 Å². The Morgan fingerprint density at radius 1 is 1.78 bits per heavy atom. The van der Waals surface area contributed by atoms with Gasteiger partial charge in [0.1, 0.15) is 12.0 Å². The zero-order valence-corrected chi connectivity index (χ0v) is 4.99. The highest BCUT2D eigenvalue weighted by Crippen LogP contribution is 1.70. The van der Waals surface area contributed by atoms with Crippen LogP contribution in [0.5, 0.6) is 0 Å².